The topological polar surface area (TPSA) is 49.3 Å². The van der Waals surface area contributed by atoms with E-state index >= 15 is 0 Å². The van der Waals surface area contributed by atoms with Crippen LogP contribution in [0, 0.1) is 6.92 Å². The number of nitrogens with one attached hydrogen (secondary N) is 1. The van der Waals surface area contributed by atoms with Crippen LogP contribution in [0.4, 0.5) is 5.69 Å². The summed E-state index contributed by atoms with van der Waals surface area (Å²) >= 11 is 1.57. The Labute approximate surface area is 96.9 Å². The Morgan fingerprint density at radius 2 is 2.20 bits per heavy atom. The maximum Gasteiger partial charge on any atom is 0.113 e. The minimum Gasteiger partial charge on any atom is -0.392 e. The average molecular weight is 245 g/mol. The van der Waals surface area contributed by atoms with E-state index in [1.54, 1.807) is 18.0 Å². The highest BCUT2D eigenvalue weighted by atomic mass is 32.2. The van der Waals surface area contributed by atoms with Crippen molar-refractivity contribution in [1.29, 1.82) is 0 Å². The van der Waals surface area contributed by atoms with Crippen molar-refractivity contribution in [2.45, 2.75) is 18.4 Å². The molecule has 1 unspecified atom stereocenters. The van der Waals surface area contributed by atoms with Gasteiger partial charge in [0, 0.05) is 11.2 Å². The highest BCUT2D eigenvalue weighted by Crippen LogP contribution is 2.27. The van der Waals surface area contributed by atoms with Crippen LogP contribution in [0.15, 0.2) is 17.0 Å². The Morgan fingerprint density at radius 1 is 1.53 bits per heavy atom. The molecule has 0 aromatic heterocycles. The first-order valence-corrected chi connectivity index (χ1v) is 7.25. The third-order valence-electron chi connectivity index (χ3n) is 2.05. The largest absolute Gasteiger partial charge is 0.392 e. The maximum atomic E-state index is 11.1. The van der Waals surface area contributed by atoms with Gasteiger partial charge in [-0.15, -0.1) is 11.8 Å². The number of aliphatic hydroxyl groups is 1. The first-order valence-electron chi connectivity index (χ1n) is 4.47. The van der Waals surface area contributed by atoms with Crippen LogP contribution in [0.1, 0.15) is 11.1 Å². The monoisotopic (exact) mass is 245 g/mol. The molecule has 84 valence electrons. The zero-order chi connectivity index (χ0) is 11.4. The molecule has 0 aliphatic rings. The number of anilines is 1. The summed E-state index contributed by atoms with van der Waals surface area (Å²) in [6.45, 7) is 1.96. The van der Waals surface area contributed by atoms with Gasteiger partial charge in [0.05, 0.1) is 12.3 Å². The lowest BCUT2D eigenvalue weighted by Crippen LogP contribution is -2.04. The molecule has 0 heterocycles. The molecule has 2 N–H and O–H groups in total. The van der Waals surface area contributed by atoms with E-state index in [1.807, 2.05) is 25.3 Å². The van der Waals surface area contributed by atoms with Gasteiger partial charge < -0.3 is 9.83 Å². The molecule has 5 heteroatoms. The summed E-state index contributed by atoms with van der Waals surface area (Å²) < 4.78 is 13.9. The minimum atomic E-state index is -1.07. The minimum absolute atomic E-state index is 0.0342. The molecule has 0 fully saturated rings. The van der Waals surface area contributed by atoms with Crippen LogP contribution in [0.25, 0.3) is 0 Å². The smallest absolute Gasteiger partial charge is 0.113 e. The fourth-order valence-electron chi connectivity index (χ4n) is 1.33. The Bertz CT molecular complexity index is 380. The highest BCUT2D eigenvalue weighted by molar-refractivity contribution is 7.98. The Morgan fingerprint density at radius 3 is 2.67 bits per heavy atom. The van der Waals surface area contributed by atoms with Gasteiger partial charge in [-0.05, 0) is 30.4 Å². The van der Waals surface area contributed by atoms with Crippen molar-refractivity contribution in [1.82, 2.24) is 0 Å². The standard InChI is InChI=1S/C10H15NO2S2/c1-7-4-8(6-12)10(14-2)5-9(7)11-15(3)13/h4-5,11-12H,6H2,1-3H3. The lowest BCUT2D eigenvalue weighted by molar-refractivity contribution is 0.279. The normalized spacial score (nSPS) is 12.5. The molecule has 0 bridgehead atoms. The fourth-order valence-corrected chi connectivity index (χ4v) is 2.48. The van der Waals surface area contributed by atoms with Crippen molar-refractivity contribution >= 4 is 28.4 Å². The molecule has 0 saturated carbocycles. The average Bonchev–Trinajstić information content (AvgIpc) is 2.19. The van der Waals surface area contributed by atoms with Gasteiger partial charge in [0.2, 0.25) is 0 Å². The van der Waals surface area contributed by atoms with E-state index in [2.05, 4.69) is 4.72 Å². The molecule has 1 aromatic rings. The van der Waals surface area contributed by atoms with Crippen LogP contribution < -0.4 is 4.72 Å². The quantitative estimate of drug-likeness (QED) is 0.797. The number of thioether (sulfide) groups is 1. The molecular formula is C10H15NO2S2. The number of rotatable bonds is 4. The second-order valence-electron chi connectivity index (χ2n) is 3.19. The number of hydrogen-bond acceptors (Lipinski definition) is 3. The number of aliphatic hydroxyl groups excluding tert-OH is 1. The molecule has 0 amide bonds. The third kappa shape index (κ3) is 3.22. The predicted molar refractivity (Wildman–Crippen MR) is 66.6 cm³/mol. The summed E-state index contributed by atoms with van der Waals surface area (Å²) in [5, 5.41) is 9.15. The summed E-state index contributed by atoms with van der Waals surface area (Å²) in [6.07, 6.45) is 3.55. The maximum absolute atomic E-state index is 11.1. The summed E-state index contributed by atoms with van der Waals surface area (Å²) in [4.78, 5) is 1.01. The molecular weight excluding hydrogens is 230 g/mol. The molecule has 0 radical (unpaired) electrons. The summed E-state index contributed by atoms with van der Waals surface area (Å²) in [5.74, 6) is 0. The van der Waals surface area contributed by atoms with Crippen molar-refractivity contribution in [2.75, 3.05) is 17.2 Å². The first kappa shape index (κ1) is 12.5. The van der Waals surface area contributed by atoms with E-state index in [0.717, 1.165) is 21.7 Å². The van der Waals surface area contributed by atoms with Gasteiger partial charge in [-0.25, -0.2) is 4.21 Å². The molecule has 1 aromatic carbocycles. The van der Waals surface area contributed by atoms with E-state index in [1.165, 1.54) is 0 Å². The van der Waals surface area contributed by atoms with E-state index in [-0.39, 0.29) is 6.61 Å². The first-order chi connectivity index (χ1) is 7.08. The Balaban J connectivity index is 3.13. The molecule has 1 rings (SSSR count). The molecule has 1 atom stereocenters. The van der Waals surface area contributed by atoms with E-state index < -0.39 is 11.0 Å². The SMILES string of the molecule is CSc1cc(NS(C)=O)c(C)cc1CO. The third-order valence-corrected chi connectivity index (χ3v) is 3.38. The van der Waals surface area contributed by atoms with Gasteiger partial charge in [0.25, 0.3) is 0 Å². The molecule has 15 heavy (non-hydrogen) atoms. The van der Waals surface area contributed by atoms with E-state index in [0.29, 0.717) is 0 Å². The van der Waals surface area contributed by atoms with Crippen molar-refractivity contribution in [3.63, 3.8) is 0 Å². The van der Waals surface area contributed by atoms with Crippen molar-refractivity contribution in [2.24, 2.45) is 0 Å². The van der Waals surface area contributed by atoms with Crippen LogP contribution >= 0.6 is 11.8 Å². The van der Waals surface area contributed by atoms with Crippen molar-refractivity contribution < 1.29 is 9.32 Å². The number of hydrogen-bond donors (Lipinski definition) is 2. The second kappa shape index (κ2) is 5.53. The van der Waals surface area contributed by atoms with E-state index in [4.69, 9.17) is 5.11 Å². The van der Waals surface area contributed by atoms with Crippen LogP contribution in [0.5, 0.6) is 0 Å². The lowest BCUT2D eigenvalue weighted by atomic mass is 10.1. The van der Waals surface area contributed by atoms with Gasteiger partial charge in [-0.2, -0.15) is 0 Å². The van der Waals surface area contributed by atoms with Crippen molar-refractivity contribution in [3.8, 4) is 0 Å². The van der Waals surface area contributed by atoms with Gasteiger partial charge >= 0.3 is 0 Å². The van der Waals surface area contributed by atoms with Crippen LogP contribution in [0.2, 0.25) is 0 Å². The molecule has 0 aliphatic heterocycles. The Hall–Kier alpha value is -0.520. The molecule has 0 aliphatic carbocycles. The predicted octanol–water partition coefficient (Wildman–Crippen LogP) is 1.91. The van der Waals surface area contributed by atoms with Gasteiger partial charge in [0.15, 0.2) is 0 Å². The molecule has 0 spiro atoms. The van der Waals surface area contributed by atoms with Crippen LogP contribution in [0.3, 0.4) is 0 Å². The molecule has 3 nitrogen and oxygen atoms in total. The van der Waals surface area contributed by atoms with Crippen molar-refractivity contribution in [3.05, 3.63) is 23.3 Å². The summed E-state index contributed by atoms with van der Waals surface area (Å²) in [5.41, 5.74) is 2.76. The zero-order valence-electron chi connectivity index (χ0n) is 9.03. The van der Waals surface area contributed by atoms with Gasteiger partial charge in [-0.3, -0.25) is 0 Å². The highest BCUT2D eigenvalue weighted by Gasteiger charge is 2.06. The van der Waals surface area contributed by atoms with Gasteiger partial charge in [-0.1, -0.05) is 6.07 Å². The van der Waals surface area contributed by atoms with Crippen LogP contribution in [-0.4, -0.2) is 21.8 Å². The second-order valence-corrected chi connectivity index (χ2v) is 5.15. The summed E-state index contributed by atoms with van der Waals surface area (Å²) in [6, 6.07) is 3.84. The van der Waals surface area contributed by atoms with E-state index in [9.17, 15) is 4.21 Å². The Kier molecular flexibility index (Phi) is 4.63. The number of benzene rings is 1. The van der Waals surface area contributed by atoms with Crippen LogP contribution in [-0.2, 0) is 17.6 Å². The number of aryl methyl sites for hydroxylation is 1. The lowest BCUT2D eigenvalue weighted by Gasteiger charge is -2.12. The zero-order valence-corrected chi connectivity index (χ0v) is 10.7. The summed E-state index contributed by atoms with van der Waals surface area (Å²) in [7, 11) is -1.07. The van der Waals surface area contributed by atoms with Gasteiger partial charge in [0.1, 0.15) is 11.0 Å². The molecule has 0 saturated heterocycles. The fraction of sp³-hybridized carbons (Fsp3) is 0.400.